The van der Waals surface area contributed by atoms with Crippen LogP contribution in [-0.2, 0) is 6.42 Å². The zero-order valence-corrected chi connectivity index (χ0v) is 9.33. The highest BCUT2D eigenvalue weighted by atomic mass is 16.3. The first-order valence-corrected chi connectivity index (χ1v) is 5.21. The molecule has 1 unspecified atom stereocenters. The summed E-state index contributed by atoms with van der Waals surface area (Å²) in [5.41, 5.74) is 8.67. The quantitative estimate of drug-likeness (QED) is 0.699. The highest BCUT2D eigenvalue weighted by Crippen LogP contribution is 2.22. The van der Waals surface area contributed by atoms with Crippen molar-refractivity contribution in [3.63, 3.8) is 0 Å². The molecule has 1 atom stereocenters. The summed E-state index contributed by atoms with van der Waals surface area (Å²) in [7, 11) is 0. The Balaban J connectivity index is 2.77. The van der Waals surface area contributed by atoms with Crippen molar-refractivity contribution in [1.29, 1.82) is 0 Å². The molecule has 1 aromatic carbocycles. The molecule has 0 saturated heterocycles. The molecule has 0 bridgehead atoms. The van der Waals surface area contributed by atoms with Crippen molar-refractivity contribution in [3.8, 4) is 5.75 Å². The van der Waals surface area contributed by atoms with Crippen molar-refractivity contribution in [1.82, 2.24) is 0 Å². The van der Waals surface area contributed by atoms with Gasteiger partial charge in [0.15, 0.2) is 0 Å². The van der Waals surface area contributed by atoms with Crippen LogP contribution in [0.15, 0.2) is 12.1 Å². The lowest BCUT2D eigenvalue weighted by molar-refractivity contribution is 0.173. The Kier molecular flexibility index (Phi) is 4.12. The van der Waals surface area contributed by atoms with E-state index in [0.717, 1.165) is 17.5 Å². The van der Waals surface area contributed by atoms with Crippen LogP contribution < -0.4 is 5.73 Å². The highest BCUT2D eigenvalue weighted by Gasteiger charge is 2.07. The molecule has 3 nitrogen and oxygen atoms in total. The van der Waals surface area contributed by atoms with Crippen molar-refractivity contribution in [2.75, 3.05) is 6.54 Å². The normalized spacial score (nSPS) is 12.8. The van der Waals surface area contributed by atoms with Gasteiger partial charge >= 0.3 is 0 Å². The lowest BCUT2D eigenvalue weighted by Crippen LogP contribution is -2.20. The van der Waals surface area contributed by atoms with Crippen LogP contribution in [-0.4, -0.2) is 22.9 Å². The zero-order valence-electron chi connectivity index (χ0n) is 9.33. The third-order valence-electron chi connectivity index (χ3n) is 2.68. The fraction of sp³-hybridized carbons (Fsp3) is 0.500. The van der Waals surface area contributed by atoms with Crippen LogP contribution in [0.2, 0.25) is 0 Å². The van der Waals surface area contributed by atoms with E-state index in [1.807, 2.05) is 13.8 Å². The van der Waals surface area contributed by atoms with Crippen LogP contribution >= 0.6 is 0 Å². The molecule has 4 N–H and O–H groups in total. The van der Waals surface area contributed by atoms with E-state index < -0.39 is 6.10 Å². The number of benzene rings is 1. The van der Waals surface area contributed by atoms with Gasteiger partial charge in [-0.15, -0.1) is 0 Å². The summed E-state index contributed by atoms with van der Waals surface area (Å²) in [6.07, 6.45) is 1.04. The molecule has 0 saturated carbocycles. The van der Waals surface area contributed by atoms with Crippen LogP contribution in [0.3, 0.4) is 0 Å². The standard InChI is InChI=1S/C12H19NO2/c1-8-5-11(15)6-9(2)12(8)4-3-10(14)7-13/h5-6,10,14-15H,3-4,7,13H2,1-2H3. The van der Waals surface area contributed by atoms with Gasteiger partial charge < -0.3 is 15.9 Å². The number of hydrogen-bond acceptors (Lipinski definition) is 3. The van der Waals surface area contributed by atoms with Crippen molar-refractivity contribution < 1.29 is 10.2 Å². The van der Waals surface area contributed by atoms with Crippen molar-refractivity contribution in [3.05, 3.63) is 28.8 Å². The Morgan fingerprint density at radius 2 is 1.80 bits per heavy atom. The predicted octanol–water partition coefficient (Wildman–Crippen LogP) is 1.26. The number of phenolic OH excluding ortho intramolecular Hbond substituents is 1. The summed E-state index contributed by atoms with van der Waals surface area (Å²) < 4.78 is 0. The molecular weight excluding hydrogens is 190 g/mol. The van der Waals surface area contributed by atoms with Gasteiger partial charge in [0.05, 0.1) is 6.10 Å². The van der Waals surface area contributed by atoms with E-state index in [4.69, 9.17) is 5.73 Å². The molecule has 15 heavy (non-hydrogen) atoms. The zero-order chi connectivity index (χ0) is 11.4. The molecular formula is C12H19NO2. The van der Waals surface area contributed by atoms with Gasteiger partial charge in [-0.2, -0.15) is 0 Å². The average molecular weight is 209 g/mol. The van der Waals surface area contributed by atoms with Gasteiger partial charge in [-0.05, 0) is 55.5 Å². The molecule has 1 rings (SSSR count). The lowest BCUT2D eigenvalue weighted by atomic mass is 9.97. The molecule has 0 aliphatic rings. The number of hydrogen-bond donors (Lipinski definition) is 3. The van der Waals surface area contributed by atoms with E-state index in [1.165, 1.54) is 5.56 Å². The lowest BCUT2D eigenvalue weighted by Gasteiger charge is -2.12. The first kappa shape index (κ1) is 12.0. The maximum absolute atomic E-state index is 9.38. The van der Waals surface area contributed by atoms with Gasteiger partial charge in [0.2, 0.25) is 0 Å². The van der Waals surface area contributed by atoms with E-state index in [2.05, 4.69) is 0 Å². The maximum Gasteiger partial charge on any atom is 0.116 e. The third kappa shape index (κ3) is 3.22. The summed E-state index contributed by atoms with van der Waals surface area (Å²) >= 11 is 0. The minimum Gasteiger partial charge on any atom is -0.508 e. The van der Waals surface area contributed by atoms with Crippen LogP contribution in [0, 0.1) is 13.8 Å². The second-order valence-corrected chi connectivity index (χ2v) is 3.99. The molecule has 0 fully saturated rings. The molecule has 0 radical (unpaired) electrons. The molecule has 3 heteroatoms. The molecule has 0 aromatic heterocycles. The summed E-state index contributed by atoms with van der Waals surface area (Å²) in [6.45, 7) is 4.24. The third-order valence-corrected chi connectivity index (χ3v) is 2.68. The van der Waals surface area contributed by atoms with Crippen LogP contribution in [0.25, 0.3) is 0 Å². The molecule has 0 spiro atoms. The highest BCUT2D eigenvalue weighted by molar-refractivity contribution is 5.40. The summed E-state index contributed by atoms with van der Waals surface area (Å²) in [4.78, 5) is 0. The van der Waals surface area contributed by atoms with Gasteiger partial charge in [-0.25, -0.2) is 0 Å². The largest absolute Gasteiger partial charge is 0.508 e. The Bertz CT molecular complexity index is 313. The summed E-state index contributed by atoms with van der Waals surface area (Å²) in [5, 5.41) is 18.8. The number of phenols is 1. The number of aromatic hydroxyl groups is 1. The number of aliphatic hydroxyl groups excluding tert-OH is 1. The molecule has 1 aromatic rings. The summed E-state index contributed by atoms with van der Waals surface area (Å²) in [6, 6.07) is 3.49. The number of rotatable bonds is 4. The maximum atomic E-state index is 9.38. The minimum absolute atomic E-state index is 0.299. The van der Waals surface area contributed by atoms with Crippen molar-refractivity contribution >= 4 is 0 Å². The van der Waals surface area contributed by atoms with E-state index in [0.29, 0.717) is 18.7 Å². The SMILES string of the molecule is Cc1cc(O)cc(C)c1CCC(O)CN. The van der Waals surface area contributed by atoms with Crippen molar-refractivity contribution in [2.45, 2.75) is 32.8 Å². The molecule has 0 aliphatic carbocycles. The smallest absolute Gasteiger partial charge is 0.116 e. The Labute approximate surface area is 90.5 Å². The van der Waals surface area contributed by atoms with Crippen molar-refractivity contribution in [2.24, 2.45) is 5.73 Å². The summed E-state index contributed by atoms with van der Waals surface area (Å²) in [5.74, 6) is 0.299. The van der Waals surface area contributed by atoms with Crippen LogP contribution in [0.5, 0.6) is 5.75 Å². The Morgan fingerprint density at radius 3 is 2.27 bits per heavy atom. The van der Waals surface area contributed by atoms with Gasteiger partial charge in [-0.1, -0.05) is 0 Å². The minimum atomic E-state index is -0.433. The monoisotopic (exact) mass is 209 g/mol. The Hall–Kier alpha value is -1.06. The second-order valence-electron chi connectivity index (χ2n) is 3.99. The van der Waals surface area contributed by atoms with E-state index in [-0.39, 0.29) is 0 Å². The average Bonchev–Trinajstić information content (AvgIpc) is 2.15. The Morgan fingerprint density at radius 1 is 1.27 bits per heavy atom. The van der Waals surface area contributed by atoms with Crippen LogP contribution in [0.4, 0.5) is 0 Å². The predicted molar refractivity (Wildman–Crippen MR) is 61.0 cm³/mol. The van der Waals surface area contributed by atoms with E-state index in [9.17, 15) is 10.2 Å². The fourth-order valence-electron chi connectivity index (χ4n) is 1.79. The van der Waals surface area contributed by atoms with E-state index >= 15 is 0 Å². The fourth-order valence-corrected chi connectivity index (χ4v) is 1.79. The van der Waals surface area contributed by atoms with E-state index in [1.54, 1.807) is 12.1 Å². The first-order chi connectivity index (χ1) is 7.04. The molecule has 0 heterocycles. The number of aryl methyl sites for hydroxylation is 2. The molecule has 0 aliphatic heterocycles. The van der Waals surface area contributed by atoms with Gasteiger partial charge in [-0.3, -0.25) is 0 Å². The van der Waals surface area contributed by atoms with Crippen LogP contribution in [0.1, 0.15) is 23.1 Å². The first-order valence-electron chi connectivity index (χ1n) is 5.21. The van der Waals surface area contributed by atoms with Gasteiger partial charge in [0.1, 0.15) is 5.75 Å². The number of aliphatic hydroxyl groups is 1. The number of nitrogens with two attached hydrogens (primary N) is 1. The topological polar surface area (TPSA) is 66.5 Å². The second kappa shape index (κ2) is 5.14. The van der Waals surface area contributed by atoms with Gasteiger partial charge in [0.25, 0.3) is 0 Å². The van der Waals surface area contributed by atoms with Gasteiger partial charge in [0, 0.05) is 6.54 Å². The molecule has 84 valence electrons. The molecule has 0 amide bonds.